The number of carbonyl (C=O) groups excluding carboxylic acids is 1. The van der Waals surface area contributed by atoms with Crippen molar-refractivity contribution < 1.29 is 9.18 Å². The highest BCUT2D eigenvalue weighted by Crippen LogP contribution is 2.24. The van der Waals surface area contributed by atoms with Gasteiger partial charge in [0.25, 0.3) is 5.91 Å². The smallest absolute Gasteiger partial charge is 0.255 e. The predicted molar refractivity (Wildman–Crippen MR) is 129 cm³/mol. The van der Waals surface area contributed by atoms with Gasteiger partial charge in [-0.05, 0) is 99.9 Å². The van der Waals surface area contributed by atoms with Crippen LogP contribution in [0, 0.1) is 5.82 Å². The van der Waals surface area contributed by atoms with Gasteiger partial charge in [-0.15, -0.1) is 0 Å². The van der Waals surface area contributed by atoms with Crippen LogP contribution in [0.15, 0.2) is 79.0 Å². The number of hydrogen-bond donors (Lipinski definition) is 2. The molecule has 1 amide bonds. The van der Waals surface area contributed by atoms with Crippen molar-refractivity contribution in [2.75, 3.05) is 31.3 Å². The second kappa shape index (κ2) is 9.66. The number of nitrogens with zero attached hydrogens (tertiary/aromatic N) is 2. The number of hydrogen-bond acceptors (Lipinski definition) is 3. The largest absolute Gasteiger partial charge is 0.356 e. The Hall–Kier alpha value is -3.64. The first-order valence-corrected chi connectivity index (χ1v) is 10.7. The Morgan fingerprint density at radius 3 is 2.31 bits per heavy atom. The van der Waals surface area contributed by atoms with Gasteiger partial charge in [0.05, 0.1) is 0 Å². The zero-order valence-corrected chi connectivity index (χ0v) is 18.3. The molecule has 0 atom stereocenters. The molecule has 164 valence electrons. The molecule has 3 aromatic carbocycles. The SMILES string of the molecule is CN(C)CCCn1ccc2cc(Nc3ccc(C(=O)Nc4ccc(F)cc4)cc3)ccc21. The first kappa shape index (κ1) is 21.6. The van der Waals surface area contributed by atoms with Crippen molar-refractivity contribution in [3.8, 4) is 0 Å². The first-order chi connectivity index (χ1) is 15.5. The lowest BCUT2D eigenvalue weighted by Crippen LogP contribution is -2.14. The van der Waals surface area contributed by atoms with E-state index in [1.54, 1.807) is 12.1 Å². The van der Waals surface area contributed by atoms with Gasteiger partial charge in [-0.25, -0.2) is 4.39 Å². The summed E-state index contributed by atoms with van der Waals surface area (Å²) in [6.45, 7) is 2.06. The molecular weight excluding hydrogens is 403 g/mol. The molecule has 0 bridgehead atoms. The predicted octanol–water partition coefficient (Wildman–Crippen LogP) is 5.73. The Kier molecular flexibility index (Phi) is 6.52. The molecule has 0 unspecified atom stereocenters. The van der Waals surface area contributed by atoms with Crippen molar-refractivity contribution in [2.24, 2.45) is 0 Å². The lowest BCUT2D eigenvalue weighted by molar-refractivity contribution is 0.102. The summed E-state index contributed by atoms with van der Waals surface area (Å²) in [6.07, 6.45) is 3.25. The van der Waals surface area contributed by atoms with Gasteiger partial charge in [-0.2, -0.15) is 0 Å². The molecule has 4 aromatic rings. The van der Waals surface area contributed by atoms with Crippen LogP contribution in [0.4, 0.5) is 21.5 Å². The molecule has 4 rings (SSSR count). The molecule has 0 saturated heterocycles. The van der Waals surface area contributed by atoms with E-state index in [1.807, 2.05) is 12.1 Å². The molecule has 1 aromatic heterocycles. The fourth-order valence-corrected chi connectivity index (χ4v) is 3.64. The monoisotopic (exact) mass is 430 g/mol. The molecule has 1 heterocycles. The average molecular weight is 431 g/mol. The summed E-state index contributed by atoms with van der Waals surface area (Å²) in [7, 11) is 4.19. The van der Waals surface area contributed by atoms with Crippen molar-refractivity contribution in [3.05, 3.63) is 90.4 Å². The van der Waals surface area contributed by atoms with Gasteiger partial charge in [0, 0.05) is 46.3 Å². The van der Waals surface area contributed by atoms with Gasteiger partial charge in [-0.1, -0.05) is 0 Å². The van der Waals surface area contributed by atoms with Crippen LogP contribution >= 0.6 is 0 Å². The number of halogens is 1. The second-order valence-electron chi connectivity index (χ2n) is 8.10. The van der Waals surface area contributed by atoms with Crippen molar-refractivity contribution in [1.29, 1.82) is 0 Å². The van der Waals surface area contributed by atoms with E-state index in [9.17, 15) is 9.18 Å². The van der Waals surface area contributed by atoms with E-state index in [-0.39, 0.29) is 11.7 Å². The standard InChI is InChI=1S/C26H27FN4O/c1-30(2)15-3-16-31-17-14-20-18-24(12-13-25(20)31)28-22-8-4-19(5-9-22)26(32)29-23-10-6-21(27)7-11-23/h4-14,17-18,28H,3,15-16H2,1-2H3,(H,29,32). The number of carbonyl (C=O) groups is 1. The Labute approximate surface area is 187 Å². The lowest BCUT2D eigenvalue weighted by atomic mass is 10.1. The second-order valence-corrected chi connectivity index (χ2v) is 8.10. The topological polar surface area (TPSA) is 49.3 Å². The fraction of sp³-hybridized carbons (Fsp3) is 0.192. The van der Waals surface area contributed by atoms with Gasteiger partial charge >= 0.3 is 0 Å². The molecule has 32 heavy (non-hydrogen) atoms. The van der Waals surface area contributed by atoms with Crippen molar-refractivity contribution in [1.82, 2.24) is 9.47 Å². The van der Waals surface area contributed by atoms with Crippen LogP contribution in [0.5, 0.6) is 0 Å². The van der Waals surface area contributed by atoms with Crippen LogP contribution < -0.4 is 10.6 Å². The summed E-state index contributed by atoms with van der Waals surface area (Å²) in [5.74, 6) is -0.572. The molecule has 0 aliphatic carbocycles. The number of aromatic nitrogens is 1. The molecule has 0 saturated carbocycles. The third-order valence-corrected chi connectivity index (χ3v) is 5.31. The van der Waals surface area contributed by atoms with E-state index < -0.39 is 0 Å². The first-order valence-electron chi connectivity index (χ1n) is 10.7. The highest BCUT2D eigenvalue weighted by atomic mass is 19.1. The summed E-state index contributed by atoms with van der Waals surface area (Å²) >= 11 is 0. The van der Waals surface area contributed by atoms with Crippen molar-refractivity contribution in [3.63, 3.8) is 0 Å². The number of anilines is 3. The molecule has 0 aliphatic heterocycles. The van der Waals surface area contributed by atoms with Crippen molar-refractivity contribution in [2.45, 2.75) is 13.0 Å². The number of nitrogens with one attached hydrogen (secondary N) is 2. The summed E-state index contributed by atoms with van der Waals surface area (Å²) in [5.41, 5.74) is 4.20. The average Bonchev–Trinajstić information content (AvgIpc) is 3.18. The Morgan fingerprint density at radius 1 is 0.906 bits per heavy atom. The number of aryl methyl sites for hydroxylation is 1. The zero-order valence-electron chi connectivity index (χ0n) is 18.3. The number of amides is 1. The van der Waals surface area contributed by atoms with Gasteiger partial charge in [0.2, 0.25) is 0 Å². The summed E-state index contributed by atoms with van der Waals surface area (Å²) in [4.78, 5) is 14.6. The molecule has 0 fully saturated rings. The maximum absolute atomic E-state index is 13.0. The van der Waals surface area contributed by atoms with Crippen LogP contribution in [-0.2, 0) is 6.54 Å². The minimum Gasteiger partial charge on any atom is -0.356 e. The Bertz CT molecular complexity index is 1200. The molecular formula is C26H27FN4O. The van der Waals surface area contributed by atoms with E-state index >= 15 is 0 Å². The summed E-state index contributed by atoms with van der Waals surface area (Å²) < 4.78 is 15.3. The highest BCUT2D eigenvalue weighted by Gasteiger charge is 2.07. The highest BCUT2D eigenvalue weighted by molar-refractivity contribution is 6.04. The van der Waals surface area contributed by atoms with Crippen LogP contribution in [0.25, 0.3) is 10.9 Å². The Morgan fingerprint density at radius 2 is 1.59 bits per heavy atom. The maximum atomic E-state index is 13.0. The normalized spacial score (nSPS) is 11.1. The minimum absolute atomic E-state index is 0.236. The summed E-state index contributed by atoms with van der Waals surface area (Å²) in [5, 5.41) is 7.35. The summed E-state index contributed by atoms with van der Waals surface area (Å²) in [6, 6.07) is 21.5. The van der Waals surface area contributed by atoms with Crippen LogP contribution in [0.2, 0.25) is 0 Å². The lowest BCUT2D eigenvalue weighted by Gasteiger charge is -2.11. The van der Waals surface area contributed by atoms with Gasteiger partial charge < -0.3 is 20.1 Å². The molecule has 2 N–H and O–H groups in total. The molecule has 0 radical (unpaired) electrons. The van der Waals surface area contributed by atoms with E-state index in [0.29, 0.717) is 11.3 Å². The van der Waals surface area contributed by atoms with Crippen molar-refractivity contribution >= 4 is 33.9 Å². The number of fused-ring (bicyclic) bond motifs is 1. The van der Waals surface area contributed by atoms with E-state index in [4.69, 9.17) is 0 Å². The number of rotatable bonds is 8. The number of benzene rings is 3. The molecule has 0 spiro atoms. The quantitative estimate of drug-likeness (QED) is 0.375. The van der Waals surface area contributed by atoms with Gasteiger partial charge in [0.15, 0.2) is 0 Å². The van der Waals surface area contributed by atoms with Crippen LogP contribution in [0.3, 0.4) is 0 Å². The Balaban J connectivity index is 1.39. The van der Waals surface area contributed by atoms with E-state index in [2.05, 4.69) is 64.7 Å². The third-order valence-electron chi connectivity index (χ3n) is 5.31. The molecule has 5 nitrogen and oxygen atoms in total. The molecule has 6 heteroatoms. The van der Waals surface area contributed by atoms with E-state index in [0.717, 1.165) is 30.9 Å². The maximum Gasteiger partial charge on any atom is 0.255 e. The minimum atomic E-state index is -0.336. The molecule has 0 aliphatic rings. The van der Waals surface area contributed by atoms with Gasteiger partial charge in [-0.3, -0.25) is 4.79 Å². The van der Waals surface area contributed by atoms with E-state index in [1.165, 1.54) is 35.2 Å². The van der Waals surface area contributed by atoms with Crippen LogP contribution in [-0.4, -0.2) is 36.0 Å². The zero-order chi connectivity index (χ0) is 22.5. The third kappa shape index (κ3) is 5.34. The van der Waals surface area contributed by atoms with Gasteiger partial charge in [0.1, 0.15) is 5.82 Å². The van der Waals surface area contributed by atoms with Crippen LogP contribution in [0.1, 0.15) is 16.8 Å². The fourth-order valence-electron chi connectivity index (χ4n) is 3.64.